The van der Waals surface area contributed by atoms with Crippen molar-refractivity contribution >= 4 is 21.5 Å². The summed E-state index contributed by atoms with van der Waals surface area (Å²) in [6.07, 6.45) is 23.3. The number of alkyl halides is 1. The van der Waals surface area contributed by atoms with E-state index in [4.69, 9.17) is 0 Å². The number of allylic oxidation sites excluding steroid dienone is 12. The number of hydrogen-bond donors (Lipinski definition) is 0. The first-order valence-corrected chi connectivity index (χ1v) is 17.8. The topological polar surface area (TPSA) is 0 Å². The van der Waals surface area contributed by atoms with E-state index in [1.807, 2.05) is 19.9 Å². The van der Waals surface area contributed by atoms with Gasteiger partial charge < -0.3 is 0 Å². The zero-order valence-corrected chi connectivity index (χ0v) is 29.6. The van der Waals surface area contributed by atoms with Gasteiger partial charge in [-0.05, 0) is 94.6 Å². The third-order valence-electron chi connectivity index (χ3n) is 9.50. The van der Waals surface area contributed by atoms with E-state index in [1.165, 1.54) is 56.5 Å². The minimum Gasteiger partial charge on any atom is -0.0842 e. The first-order chi connectivity index (χ1) is 21.8. The Hall–Kier alpha value is -3.42. The molecule has 0 aliphatic heterocycles. The lowest BCUT2D eigenvalue weighted by atomic mass is 9.78. The second-order valence-corrected chi connectivity index (χ2v) is 14.3. The summed E-state index contributed by atoms with van der Waals surface area (Å²) in [6, 6.07) is 26.3. The van der Waals surface area contributed by atoms with Crippen LogP contribution in [0.4, 0.5) is 0 Å². The van der Waals surface area contributed by atoms with Gasteiger partial charge in [0.05, 0.1) is 0 Å². The molecule has 1 heteroatoms. The fraction of sp³-hybridized carbons (Fsp3) is 0.318. The SMILES string of the molecule is CC.CC1CC=CC2=C1c1ccc(CC3C=CC(C4=CCC(Br)C=C4)=CC3)cc1C2(C)C.Cc1ccc(-c2ccccc2)cc1. The summed E-state index contributed by atoms with van der Waals surface area (Å²) >= 11 is 3.66. The van der Waals surface area contributed by atoms with Gasteiger partial charge in [0.25, 0.3) is 0 Å². The van der Waals surface area contributed by atoms with Crippen molar-refractivity contribution in [1.29, 1.82) is 0 Å². The second-order valence-electron chi connectivity index (χ2n) is 13.1. The number of benzene rings is 3. The number of fused-ring (bicyclic) bond motifs is 2. The molecule has 232 valence electrons. The van der Waals surface area contributed by atoms with Crippen LogP contribution in [0.25, 0.3) is 16.7 Å². The molecule has 7 rings (SSSR count). The summed E-state index contributed by atoms with van der Waals surface area (Å²) < 4.78 is 0. The minimum absolute atomic E-state index is 0.119. The molecule has 0 spiro atoms. The Morgan fingerprint density at radius 3 is 2.07 bits per heavy atom. The Balaban J connectivity index is 0.000000223. The molecule has 0 saturated carbocycles. The van der Waals surface area contributed by atoms with Crippen molar-refractivity contribution in [3.8, 4) is 11.1 Å². The van der Waals surface area contributed by atoms with E-state index in [9.17, 15) is 0 Å². The highest BCUT2D eigenvalue weighted by atomic mass is 79.9. The lowest BCUT2D eigenvalue weighted by molar-refractivity contribution is 0.632. The van der Waals surface area contributed by atoms with Crippen molar-refractivity contribution in [3.05, 3.63) is 160 Å². The third kappa shape index (κ3) is 7.53. The van der Waals surface area contributed by atoms with Gasteiger partial charge in [-0.1, -0.05) is 178 Å². The Kier molecular flexibility index (Phi) is 10.8. The Bertz CT molecular complexity index is 1650. The molecule has 0 amide bonds. The molecule has 4 aliphatic carbocycles. The van der Waals surface area contributed by atoms with Crippen molar-refractivity contribution < 1.29 is 0 Å². The molecule has 0 nitrogen and oxygen atoms in total. The van der Waals surface area contributed by atoms with E-state index >= 15 is 0 Å². The largest absolute Gasteiger partial charge is 0.0842 e. The van der Waals surface area contributed by atoms with E-state index < -0.39 is 0 Å². The van der Waals surface area contributed by atoms with Crippen LogP contribution in [0.2, 0.25) is 0 Å². The van der Waals surface area contributed by atoms with Crippen LogP contribution in [0.15, 0.2) is 138 Å². The lowest BCUT2D eigenvalue weighted by Gasteiger charge is -2.25. The van der Waals surface area contributed by atoms with E-state index in [0.29, 0.717) is 16.7 Å². The summed E-state index contributed by atoms with van der Waals surface area (Å²) in [4.78, 5) is 0.491. The fourth-order valence-electron chi connectivity index (χ4n) is 6.95. The van der Waals surface area contributed by atoms with Crippen molar-refractivity contribution in [2.24, 2.45) is 11.8 Å². The minimum atomic E-state index is 0.119. The molecule has 0 heterocycles. The maximum atomic E-state index is 3.66. The number of hydrogen-bond acceptors (Lipinski definition) is 0. The van der Waals surface area contributed by atoms with Crippen LogP contribution in [0.3, 0.4) is 0 Å². The Morgan fingerprint density at radius 2 is 1.42 bits per heavy atom. The molecule has 0 radical (unpaired) electrons. The average molecular weight is 658 g/mol. The van der Waals surface area contributed by atoms with Crippen LogP contribution in [0, 0.1) is 18.8 Å². The number of rotatable bonds is 4. The summed E-state index contributed by atoms with van der Waals surface area (Å²) in [5.41, 5.74) is 14.4. The van der Waals surface area contributed by atoms with Crippen LogP contribution < -0.4 is 0 Å². The molecule has 0 saturated heterocycles. The van der Waals surface area contributed by atoms with Crippen LogP contribution in [0.5, 0.6) is 0 Å². The maximum absolute atomic E-state index is 3.66. The van der Waals surface area contributed by atoms with Gasteiger partial charge in [0.15, 0.2) is 0 Å². The van der Waals surface area contributed by atoms with Gasteiger partial charge in [0.2, 0.25) is 0 Å². The number of halogens is 1. The second kappa shape index (κ2) is 14.8. The first kappa shape index (κ1) is 33.0. The van der Waals surface area contributed by atoms with E-state index in [0.717, 1.165) is 19.3 Å². The molecule has 0 aromatic heterocycles. The zero-order valence-electron chi connectivity index (χ0n) is 28.0. The molecule has 0 N–H and O–H groups in total. The third-order valence-corrected chi connectivity index (χ3v) is 10.2. The Labute approximate surface area is 281 Å². The van der Waals surface area contributed by atoms with E-state index in [2.05, 4.69) is 159 Å². The molecule has 3 aromatic rings. The van der Waals surface area contributed by atoms with Gasteiger partial charge in [-0.2, -0.15) is 0 Å². The maximum Gasteiger partial charge on any atom is 0.0363 e. The van der Waals surface area contributed by atoms with Crippen LogP contribution in [-0.2, 0) is 11.8 Å². The molecule has 3 aromatic carbocycles. The van der Waals surface area contributed by atoms with E-state index in [1.54, 1.807) is 5.57 Å². The van der Waals surface area contributed by atoms with Crippen LogP contribution in [-0.4, -0.2) is 4.83 Å². The van der Waals surface area contributed by atoms with E-state index in [-0.39, 0.29) is 5.41 Å². The van der Waals surface area contributed by atoms with Gasteiger partial charge in [0, 0.05) is 10.2 Å². The van der Waals surface area contributed by atoms with Gasteiger partial charge >= 0.3 is 0 Å². The molecule has 45 heavy (non-hydrogen) atoms. The van der Waals surface area contributed by atoms with Gasteiger partial charge in [-0.15, -0.1) is 0 Å². The van der Waals surface area contributed by atoms with Crippen molar-refractivity contribution in [2.75, 3.05) is 0 Å². The smallest absolute Gasteiger partial charge is 0.0363 e. The summed E-state index contributed by atoms with van der Waals surface area (Å²) in [5, 5.41) is 0. The molecule has 3 unspecified atom stereocenters. The summed E-state index contributed by atoms with van der Waals surface area (Å²) in [7, 11) is 0. The highest BCUT2D eigenvalue weighted by molar-refractivity contribution is 9.09. The molecule has 3 atom stereocenters. The molecule has 4 aliphatic rings. The predicted octanol–water partition coefficient (Wildman–Crippen LogP) is 12.7. The van der Waals surface area contributed by atoms with Gasteiger partial charge in [-0.3, -0.25) is 0 Å². The molecular weight excluding hydrogens is 608 g/mol. The molecule has 0 fully saturated rings. The van der Waals surface area contributed by atoms with Crippen molar-refractivity contribution in [2.45, 2.75) is 77.5 Å². The summed E-state index contributed by atoms with van der Waals surface area (Å²) in [5.74, 6) is 1.22. The van der Waals surface area contributed by atoms with Crippen LogP contribution >= 0.6 is 15.9 Å². The fourth-order valence-corrected chi connectivity index (χ4v) is 7.29. The Morgan fingerprint density at radius 1 is 0.756 bits per heavy atom. The first-order valence-electron chi connectivity index (χ1n) is 16.9. The quantitative estimate of drug-likeness (QED) is 0.245. The number of aryl methyl sites for hydroxylation is 1. The van der Waals surface area contributed by atoms with Gasteiger partial charge in [-0.25, -0.2) is 0 Å². The highest BCUT2D eigenvalue weighted by Gasteiger charge is 2.39. The predicted molar refractivity (Wildman–Crippen MR) is 201 cm³/mol. The van der Waals surface area contributed by atoms with Crippen molar-refractivity contribution in [3.63, 3.8) is 0 Å². The highest BCUT2D eigenvalue weighted by Crippen LogP contribution is 2.52. The average Bonchev–Trinajstić information content (AvgIpc) is 3.30. The van der Waals surface area contributed by atoms with Gasteiger partial charge in [0.1, 0.15) is 0 Å². The lowest BCUT2D eigenvalue weighted by Crippen LogP contribution is -2.17. The zero-order chi connectivity index (χ0) is 32.0. The molecular formula is C44H49Br. The monoisotopic (exact) mass is 656 g/mol. The van der Waals surface area contributed by atoms with Crippen molar-refractivity contribution in [1.82, 2.24) is 0 Å². The molecule has 0 bridgehead atoms. The summed E-state index contributed by atoms with van der Waals surface area (Å²) in [6.45, 7) is 13.3. The normalized spacial score (nSPS) is 22.2. The standard InChI is InChI=1S/C29H31Br.C13H12.C2H6/c1-19-5-4-6-26-28(19)25-16-9-21(18-27(25)29(26,2)3)17-20-7-10-22(11-8-20)23-12-14-24(30)15-13-23;1-11-7-9-13(10-8-11)12-5-3-2-4-6-12;1-2/h4,6-7,9-14,16,18-20,24H,5,8,15,17H2,1-3H3;2-10H,1H3;1-2H3. The van der Waals surface area contributed by atoms with Crippen LogP contribution in [0.1, 0.15) is 76.1 Å².